The van der Waals surface area contributed by atoms with Gasteiger partial charge in [0, 0.05) is 6.07 Å². The lowest BCUT2D eigenvalue weighted by Gasteiger charge is -2.02. The number of ether oxygens (including phenoxy) is 1. The lowest BCUT2D eigenvalue weighted by molar-refractivity contribution is 0.101. The molecule has 0 unspecified atom stereocenters. The standard InChI is InChI=1S/C10H11N5O2/c1-6-12-9(15-14-6)10(16)13-7-3-4-8(17-2)11-5-7/h3-5H,1-2H3,(H,13,16)(H,12,14,15). The summed E-state index contributed by atoms with van der Waals surface area (Å²) in [5.41, 5.74) is 0.554. The summed E-state index contributed by atoms with van der Waals surface area (Å²) in [5.74, 6) is 0.777. The van der Waals surface area contributed by atoms with E-state index < -0.39 is 0 Å². The minimum Gasteiger partial charge on any atom is -0.481 e. The second-order valence-electron chi connectivity index (χ2n) is 3.29. The number of aromatic amines is 1. The van der Waals surface area contributed by atoms with Crippen molar-refractivity contribution in [2.45, 2.75) is 6.92 Å². The number of H-pyrrole nitrogens is 1. The van der Waals surface area contributed by atoms with Gasteiger partial charge in [-0.15, -0.1) is 5.10 Å². The van der Waals surface area contributed by atoms with Crippen LogP contribution in [0, 0.1) is 6.92 Å². The number of nitrogens with zero attached hydrogens (tertiary/aromatic N) is 3. The van der Waals surface area contributed by atoms with Crippen LogP contribution in [0.3, 0.4) is 0 Å². The van der Waals surface area contributed by atoms with Gasteiger partial charge in [-0.25, -0.2) is 9.97 Å². The molecule has 88 valence electrons. The Bertz CT molecular complexity index is 520. The Hall–Kier alpha value is -2.44. The van der Waals surface area contributed by atoms with E-state index >= 15 is 0 Å². The predicted octanol–water partition coefficient (Wildman–Crippen LogP) is 0.769. The Labute approximate surface area is 97.2 Å². The van der Waals surface area contributed by atoms with Crippen LogP contribution in [0.1, 0.15) is 16.4 Å². The molecule has 0 radical (unpaired) electrons. The number of hydrogen-bond acceptors (Lipinski definition) is 5. The summed E-state index contributed by atoms with van der Waals surface area (Å²) >= 11 is 0. The minimum absolute atomic E-state index is 0.0957. The van der Waals surface area contributed by atoms with Crippen molar-refractivity contribution in [3.8, 4) is 5.88 Å². The highest BCUT2D eigenvalue weighted by atomic mass is 16.5. The van der Waals surface area contributed by atoms with E-state index in [9.17, 15) is 4.79 Å². The molecule has 2 aromatic heterocycles. The molecule has 0 aliphatic rings. The number of hydrogen-bond donors (Lipinski definition) is 2. The first-order valence-corrected chi connectivity index (χ1v) is 4.89. The lowest BCUT2D eigenvalue weighted by atomic mass is 10.4. The number of amides is 1. The SMILES string of the molecule is COc1ccc(NC(=O)c2n[nH]c(C)n2)cn1. The van der Waals surface area contributed by atoms with E-state index in [1.807, 2.05) is 0 Å². The van der Waals surface area contributed by atoms with Crippen LogP contribution < -0.4 is 10.1 Å². The average Bonchev–Trinajstić information content (AvgIpc) is 2.77. The van der Waals surface area contributed by atoms with Gasteiger partial charge in [0.1, 0.15) is 5.82 Å². The zero-order chi connectivity index (χ0) is 12.3. The molecule has 2 heterocycles. The first kappa shape index (κ1) is 11.1. The number of carbonyl (C=O) groups is 1. The molecule has 7 heteroatoms. The van der Waals surface area contributed by atoms with Gasteiger partial charge in [-0.05, 0) is 13.0 Å². The molecule has 1 amide bonds. The number of pyridine rings is 1. The fourth-order valence-corrected chi connectivity index (χ4v) is 1.21. The predicted molar refractivity (Wildman–Crippen MR) is 59.9 cm³/mol. The Balaban J connectivity index is 2.07. The van der Waals surface area contributed by atoms with Gasteiger partial charge in [0.25, 0.3) is 5.91 Å². The Kier molecular flexibility index (Phi) is 2.99. The van der Waals surface area contributed by atoms with Crippen LogP contribution in [0.5, 0.6) is 5.88 Å². The molecule has 0 aromatic carbocycles. The van der Waals surface area contributed by atoms with Crippen molar-refractivity contribution >= 4 is 11.6 Å². The number of rotatable bonds is 3. The summed E-state index contributed by atoms with van der Waals surface area (Å²) in [7, 11) is 1.52. The maximum atomic E-state index is 11.7. The van der Waals surface area contributed by atoms with Crippen molar-refractivity contribution < 1.29 is 9.53 Å². The molecule has 0 atom stereocenters. The molecule has 0 saturated heterocycles. The van der Waals surface area contributed by atoms with Gasteiger partial charge in [-0.3, -0.25) is 9.89 Å². The van der Waals surface area contributed by atoms with Crippen molar-refractivity contribution in [2.75, 3.05) is 12.4 Å². The molecule has 0 saturated carbocycles. The molecule has 0 spiro atoms. The van der Waals surface area contributed by atoms with E-state index in [1.165, 1.54) is 13.3 Å². The van der Waals surface area contributed by atoms with Crippen molar-refractivity contribution in [1.82, 2.24) is 20.2 Å². The second-order valence-corrected chi connectivity index (χ2v) is 3.29. The average molecular weight is 233 g/mol. The molecule has 0 fully saturated rings. The quantitative estimate of drug-likeness (QED) is 0.816. The largest absolute Gasteiger partial charge is 0.481 e. The van der Waals surface area contributed by atoms with Crippen molar-refractivity contribution in [2.24, 2.45) is 0 Å². The van der Waals surface area contributed by atoms with E-state index in [1.54, 1.807) is 19.1 Å². The minimum atomic E-state index is -0.388. The lowest BCUT2D eigenvalue weighted by Crippen LogP contribution is -2.13. The number of aryl methyl sites for hydroxylation is 1. The smallest absolute Gasteiger partial charge is 0.295 e. The first-order chi connectivity index (χ1) is 8.19. The topological polar surface area (TPSA) is 92.8 Å². The van der Waals surface area contributed by atoms with Gasteiger partial charge in [0.05, 0.1) is 19.0 Å². The van der Waals surface area contributed by atoms with E-state index in [2.05, 4.69) is 25.5 Å². The highest BCUT2D eigenvalue weighted by molar-refractivity contribution is 6.01. The number of anilines is 1. The van der Waals surface area contributed by atoms with Crippen LogP contribution in [0.2, 0.25) is 0 Å². The van der Waals surface area contributed by atoms with Gasteiger partial charge in [-0.2, -0.15) is 0 Å². The third kappa shape index (κ3) is 2.57. The van der Waals surface area contributed by atoms with Crippen LogP contribution in [0.15, 0.2) is 18.3 Å². The van der Waals surface area contributed by atoms with Crippen LogP contribution in [0.25, 0.3) is 0 Å². The molecule has 2 N–H and O–H groups in total. The molecule has 0 bridgehead atoms. The molecular formula is C10H11N5O2. The zero-order valence-corrected chi connectivity index (χ0v) is 9.39. The van der Waals surface area contributed by atoms with E-state index in [0.717, 1.165) is 0 Å². The van der Waals surface area contributed by atoms with Gasteiger partial charge < -0.3 is 10.1 Å². The molecule has 2 aromatic rings. The van der Waals surface area contributed by atoms with Gasteiger partial charge >= 0.3 is 0 Å². The zero-order valence-electron chi connectivity index (χ0n) is 9.39. The summed E-state index contributed by atoms with van der Waals surface area (Å²) in [6.07, 6.45) is 1.50. The molecule has 17 heavy (non-hydrogen) atoms. The van der Waals surface area contributed by atoms with Crippen LogP contribution >= 0.6 is 0 Å². The fraction of sp³-hybridized carbons (Fsp3) is 0.200. The monoisotopic (exact) mass is 233 g/mol. The summed E-state index contributed by atoms with van der Waals surface area (Å²) in [5, 5.41) is 8.97. The van der Waals surface area contributed by atoms with E-state index in [-0.39, 0.29) is 11.7 Å². The van der Waals surface area contributed by atoms with Crippen LogP contribution in [0.4, 0.5) is 5.69 Å². The molecular weight excluding hydrogens is 222 g/mol. The number of nitrogens with one attached hydrogen (secondary N) is 2. The molecule has 0 aliphatic heterocycles. The second kappa shape index (κ2) is 4.60. The third-order valence-electron chi connectivity index (χ3n) is 2.00. The highest BCUT2D eigenvalue weighted by Crippen LogP contribution is 2.11. The maximum absolute atomic E-state index is 11.7. The third-order valence-corrected chi connectivity index (χ3v) is 2.00. The Morgan fingerprint density at radius 2 is 2.29 bits per heavy atom. The van der Waals surface area contributed by atoms with Crippen molar-refractivity contribution in [3.05, 3.63) is 30.0 Å². The molecule has 0 aliphatic carbocycles. The van der Waals surface area contributed by atoms with E-state index in [0.29, 0.717) is 17.4 Å². The first-order valence-electron chi connectivity index (χ1n) is 4.89. The van der Waals surface area contributed by atoms with Crippen molar-refractivity contribution in [1.29, 1.82) is 0 Å². The summed E-state index contributed by atoms with van der Waals surface area (Å²) in [6, 6.07) is 3.34. The Morgan fingerprint density at radius 1 is 1.47 bits per heavy atom. The highest BCUT2D eigenvalue weighted by Gasteiger charge is 2.11. The van der Waals surface area contributed by atoms with Crippen molar-refractivity contribution in [3.63, 3.8) is 0 Å². The summed E-state index contributed by atoms with van der Waals surface area (Å²) < 4.78 is 4.91. The number of aromatic nitrogens is 4. The number of carbonyl (C=O) groups excluding carboxylic acids is 1. The van der Waals surface area contributed by atoms with Gasteiger partial charge in [0.2, 0.25) is 11.7 Å². The van der Waals surface area contributed by atoms with Crippen LogP contribution in [-0.4, -0.2) is 33.2 Å². The van der Waals surface area contributed by atoms with Gasteiger partial charge in [0.15, 0.2) is 0 Å². The summed E-state index contributed by atoms with van der Waals surface area (Å²) in [4.78, 5) is 19.5. The maximum Gasteiger partial charge on any atom is 0.295 e. The molecule has 2 rings (SSSR count). The number of methoxy groups -OCH3 is 1. The summed E-state index contributed by atoms with van der Waals surface area (Å²) in [6.45, 7) is 1.72. The van der Waals surface area contributed by atoms with Gasteiger partial charge in [-0.1, -0.05) is 0 Å². The fourth-order valence-electron chi connectivity index (χ4n) is 1.21. The molecule has 7 nitrogen and oxygen atoms in total. The Morgan fingerprint density at radius 3 is 2.82 bits per heavy atom. The normalized spacial score (nSPS) is 10.0. The van der Waals surface area contributed by atoms with E-state index in [4.69, 9.17) is 4.74 Å². The van der Waals surface area contributed by atoms with Crippen LogP contribution in [-0.2, 0) is 0 Å².